The molecule has 1 aromatic heterocycles. The standard InChI is InChI=1S/C9H14N2S/c1-2-11-9(7-3-4-7)8-5-10-6-12-8/h5-7,9,11H,2-4H2,1H3. The molecule has 0 amide bonds. The van der Waals surface area contributed by atoms with Crippen molar-refractivity contribution < 1.29 is 0 Å². The van der Waals surface area contributed by atoms with Crippen LogP contribution in [0.4, 0.5) is 0 Å². The van der Waals surface area contributed by atoms with Gasteiger partial charge in [-0.2, -0.15) is 0 Å². The van der Waals surface area contributed by atoms with Crippen molar-refractivity contribution in [2.45, 2.75) is 25.8 Å². The summed E-state index contributed by atoms with van der Waals surface area (Å²) >= 11 is 1.77. The van der Waals surface area contributed by atoms with Gasteiger partial charge in [0.1, 0.15) is 0 Å². The first-order valence-electron chi connectivity index (χ1n) is 4.53. The van der Waals surface area contributed by atoms with Crippen molar-refractivity contribution in [2.75, 3.05) is 6.54 Å². The van der Waals surface area contributed by atoms with E-state index < -0.39 is 0 Å². The molecule has 1 N–H and O–H groups in total. The summed E-state index contributed by atoms with van der Waals surface area (Å²) in [6, 6.07) is 0.586. The lowest BCUT2D eigenvalue weighted by Gasteiger charge is -2.14. The molecule has 1 aliphatic rings. The Morgan fingerprint density at radius 2 is 2.58 bits per heavy atom. The van der Waals surface area contributed by atoms with Gasteiger partial charge >= 0.3 is 0 Å². The van der Waals surface area contributed by atoms with E-state index in [1.807, 2.05) is 11.7 Å². The maximum atomic E-state index is 4.11. The molecule has 0 aromatic carbocycles. The first kappa shape index (κ1) is 8.20. The molecule has 2 nitrogen and oxygen atoms in total. The molecule has 1 saturated carbocycles. The minimum absolute atomic E-state index is 0.586. The first-order valence-corrected chi connectivity index (χ1v) is 5.41. The van der Waals surface area contributed by atoms with Crippen molar-refractivity contribution in [1.82, 2.24) is 10.3 Å². The summed E-state index contributed by atoms with van der Waals surface area (Å²) in [6.07, 6.45) is 4.77. The Bertz CT molecular complexity index is 229. The van der Waals surface area contributed by atoms with Gasteiger partial charge in [-0.3, -0.25) is 4.98 Å². The summed E-state index contributed by atoms with van der Waals surface area (Å²) in [6.45, 7) is 3.22. The smallest absolute Gasteiger partial charge is 0.0794 e. The zero-order valence-electron chi connectivity index (χ0n) is 7.29. The van der Waals surface area contributed by atoms with Gasteiger partial charge in [0.2, 0.25) is 0 Å². The third kappa shape index (κ3) is 1.67. The molecule has 1 aromatic rings. The van der Waals surface area contributed by atoms with Gasteiger partial charge in [-0.15, -0.1) is 11.3 Å². The molecule has 1 aliphatic carbocycles. The van der Waals surface area contributed by atoms with Crippen LogP contribution in [0, 0.1) is 5.92 Å². The third-order valence-corrected chi connectivity index (χ3v) is 3.13. The number of hydrogen-bond acceptors (Lipinski definition) is 3. The highest BCUT2D eigenvalue weighted by molar-refractivity contribution is 7.09. The Morgan fingerprint density at radius 1 is 1.75 bits per heavy atom. The van der Waals surface area contributed by atoms with Gasteiger partial charge in [-0.1, -0.05) is 6.92 Å². The number of nitrogens with zero attached hydrogens (tertiary/aromatic N) is 1. The van der Waals surface area contributed by atoms with Crippen LogP contribution in [0.1, 0.15) is 30.7 Å². The van der Waals surface area contributed by atoms with E-state index in [9.17, 15) is 0 Å². The molecular formula is C9H14N2S. The molecule has 66 valence electrons. The molecule has 1 fully saturated rings. The Kier molecular flexibility index (Phi) is 2.42. The van der Waals surface area contributed by atoms with Gasteiger partial charge in [0.15, 0.2) is 0 Å². The first-order chi connectivity index (χ1) is 5.92. The molecule has 1 atom stereocenters. The molecule has 0 spiro atoms. The molecule has 2 rings (SSSR count). The van der Waals surface area contributed by atoms with Crippen LogP contribution in [0.15, 0.2) is 11.7 Å². The highest BCUT2D eigenvalue weighted by Gasteiger charge is 2.32. The van der Waals surface area contributed by atoms with E-state index in [-0.39, 0.29) is 0 Å². The molecule has 0 saturated heterocycles. The number of thiazole rings is 1. The average molecular weight is 182 g/mol. The predicted octanol–water partition coefficient (Wildman–Crippen LogP) is 2.20. The largest absolute Gasteiger partial charge is 0.309 e. The zero-order chi connectivity index (χ0) is 8.39. The number of hydrogen-bond donors (Lipinski definition) is 1. The molecule has 0 aliphatic heterocycles. The van der Waals surface area contributed by atoms with Crippen LogP contribution < -0.4 is 5.32 Å². The lowest BCUT2D eigenvalue weighted by atomic mass is 10.1. The second-order valence-corrected chi connectivity index (χ2v) is 4.19. The van der Waals surface area contributed by atoms with Crippen LogP contribution in [0.3, 0.4) is 0 Å². The highest BCUT2D eigenvalue weighted by Crippen LogP contribution is 2.41. The fraction of sp³-hybridized carbons (Fsp3) is 0.667. The van der Waals surface area contributed by atoms with Gasteiger partial charge < -0.3 is 5.32 Å². The monoisotopic (exact) mass is 182 g/mol. The lowest BCUT2D eigenvalue weighted by molar-refractivity contribution is 0.503. The Morgan fingerprint density at radius 3 is 3.08 bits per heavy atom. The van der Waals surface area contributed by atoms with E-state index in [0.717, 1.165) is 12.5 Å². The topological polar surface area (TPSA) is 24.9 Å². The van der Waals surface area contributed by atoms with E-state index in [0.29, 0.717) is 6.04 Å². The van der Waals surface area contributed by atoms with Crippen molar-refractivity contribution in [2.24, 2.45) is 5.92 Å². The predicted molar refractivity (Wildman–Crippen MR) is 51.3 cm³/mol. The second-order valence-electron chi connectivity index (χ2n) is 3.28. The summed E-state index contributed by atoms with van der Waals surface area (Å²) in [5, 5.41) is 3.52. The van der Waals surface area contributed by atoms with Crippen LogP contribution >= 0.6 is 11.3 Å². The van der Waals surface area contributed by atoms with Gasteiger partial charge in [-0.25, -0.2) is 0 Å². The molecule has 0 bridgehead atoms. The minimum Gasteiger partial charge on any atom is -0.309 e. The third-order valence-electron chi connectivity index (χ3n) is 2.28. The fourth-order valence-corrected chi connectivity index (χ4v) is 2.32. The highest BCUT2D eigenvalue weighted by atomic mass is 32.1. The quantitative estimate of drug-likeness (QED) is 0.772. The van der Waals surface area contributed by atoms with E-state index in [2.05, 4.69) is 17.2 Å². The van der Waals surface area contributed by atoms with Crippen LogP contribution in [-0.4, -0.2) is 11.5 Å². The van der Waals surface area contributed by atoms with Crippen LogP contribution in [0.5, 0.6) is 0 Å². The van der Waals surface area contributed by atoms with E-state index in [1.165, 1.54) is 17.7 Å². The number of aromatic nitrogens is 1. The zero-order valence-corrected chi connectivity index (χ0v) is 8.10. The minimum atomic E-state index is 0.586. The molecule has 1 heterocycles. The SMILES string of the molecule is CCNC(c1cncs1)C1CC1. The normalized spacial score (nSPS) is 19.4. The van der Waals surface area contributed by atoms with Gasteiger partial charge in [0.05, 0.1) is 5.51 Å². The summed E-state index contributed by atoms with van der Waals surface area (Å²) in [7, 11) is 0. The van der Waals surface area contributed by atoms with E-state index in [1.54, 1.807) is 11.3 Å². The molecule has 0 radical (unpaired) electrons. The maximum absolute atomic E-state index is 4.11. The van der Waals surface area contributed by atoms with Gasteiger partial charge in [-0.05, 0) is 25.3 Å². The van der Waals surface area contributed by atoms with Gasteiger partial charge in [0, 0.05) is 17.1 Å². The van der Waals surface area contributed by atoms with E-state index >= 15 is 0 Å². The molecule has 1 unspecified atom stereocenters. The molecule has 12 heavy (non-hydrogen) atoms. The summed E-state index contributed by atoms with van der Waals surface area (Å²) in [5.74, 6) is 0.880. The summed E-state index contributed by atoms with van der Waals surface area (Å²) < 4.78 is 0. The summed E-state index contributed by atoms with van der Waals surface area (Å²) in [4.78, 5) is 5.52. The second kappa shape index (κ2) is 3.54. The maximum Gasteiger partial charge on any atom is 0.0794 e. The number of nitrogens with one attached hydrogen (secondary N) is 1. The van der Waals surface area contributed by atoms with Crippen molar-refractivity contribution in [3.63, 3.8) is 0 Å². The number of rotatable bonds is 4. The van der Waals surface area contributed by atoms with Crippen LogP contribution in [-0.2, 0) is 0 Å². The Balaban J connectivity index is 2.05. The molecular weight excluding hydrogens is 168 g/mol. The van der Waals surface area contributed by atoms with Crippen molar-refractivity contribution in [3.8, 4) is 0 Å². The van der Waals surface area contributed by atoms with E-state index in [4.69, 9.17) is 0 Å². The Hall–Kier alpha value is -0.410. The van der Waals surface area contributed by atoms with Crippen molar-refractivity contribution in [1.29, 1.82) is 0 Å². The fourth-order valence-electron chi connectivity index (χ4n) is 1.53. The average Bonchev–Trinajstić information content (AvgIpc) is 2.77. The Labute approximate surface area is 77.0 Å². The molecule has 3 heteroatoms. The van der Waals surface area contributed by atoms with Crippen LogP contribution in [0.2, 0.25) is 0 Å². The van der Waals surface area contributed by atoms with Crippen LogP contribution in [0.25, 0.3) is 0 Å². The van der Waals surface area contributed by atoms with Gasteiger partial charge in [0.25, 0.3) is 0 Å². The summed E-state index contributed by atoms with van der Waals surface area (Å²) in [5.41, 5.74) is 1.92. The lowest BCUT2D eigenvalue weighted by Crippen LogP contribution is -2.21. The van der Waals surface area contributed by atoms with Crippen molar-refractivity contribution in [3.05, 3.63) is 16.6 Å². The van der Waals surface area contributed by atoms with Crippen molar-refractivity contribution >= 4 is 11.3 Å².